The Kier molecular flexibility index (Phi) is 3.11. The average Bonchev–Trinajstić information content (AvgIpc) is 2.06. The van der Waals surface area contributed by atoms with E-state index in [4.69, 9.17) is 0 Å². The molecule has 0 amide bonds. The molecule has 0 radical (unpaired) electrons. The lowest BCUT2D eigenvalue weighted by Crippen LogP contribution is -1.89. The number of rotatable bonds is 3. The normalized spacial score (nSPS) is 9.42. The summed E-state index contributed by atoms with van der Waals surface area (Å²) in [5.74, 6) is 0.102. The molecule has 0 bridgehead atoms. The van der Waals surface area contributed by atoms with Crippen molar-refractivity contribution in [3.05, 3.63) is 41.8 Å². The molecule has 1 nitrogen and oxygen atoms in total. The summed E-state index contributed by atoms with van der Waals surface area (Å²) in [6.07, 6.45) is 0. The molecule has 0 aliphatic carbocycles. The molecule has 0 aromatic heterocycles. The second kappa shape index (κ2) is 4.12. The first kappa shape index (κ1) is 9.07. The predicted octanol–water partition coefficient (Wildman–Crippen LogP) is 3.12. The van der Waals surface area contributed by atoms with Crippen molar-refractivity contribution < 1.29 is 4.79 Å². The van der Waals surface area contributed by atoms with Crippen LogP contribution in [0.3, 0.4) is 0 Å². The van der Waals surface area contributed by atoms with Gasteiger partial charge in [-0.1, -0.05) is 30.5 Å². The Labute approximate surface area is 76.5 Å². The van der Waals surface area contributed by atoms with Crippen LogP contribution in [0, 0.1) is 0 Å². The second-order valence-corrected chi connectivity index (χ2v) is 3.41. The molecule has 0 unspecified atom stereocenters. The lowest BCUT2D eigenvalue weighted by atomic mass is 10.2. The van der Waals surface area contributed by atoms with Gasteiger partial charge in [-0.3, -0.25) is 4.79 Å². The quantitative estimate of drug-likeness (QED) is 0.522. The van der Waals surface area contributed by atoms with Crippen LogP contribution in [-0.2, 0) is 0 Å². The van der Waals surface area contributed by atoms with Crippen molar-refractivity contribution in [1.29, 1.82) is 0 Å². The number of carbonyl (C=O) groups is 1. The van der Waals surface area contributed by atoms with Crippen LogP contribution in [0.1, 0.15) is 17.3 Å². The van der Waals surface area contributed by atoms with Gasteiger partial charge in [-0.05, 0) is 24.5 Å². The summed E-state index contributed by atoms with van der Waals surface area (Å²) in [6.45, 7) is 5.17. The fraction of sp³-hybridized carbons (Fsp3) is 0.100. The number of benzene rings is 1. The molecule has 0 saturated carbocycles. The number of Topliss-reactive ketones (excluding diaryl/α,β-unsaturated/α-hetero) is 1. The molecule has 0 saturated heterocycles. The number of hydrogen-bond donors (Lipinski definition) is 0. The summed E-state index contributed by atoms with van der Waals surface area (Å²) < 4.78 is 0. The van der Waals surface area contributed by atoms with E-state index in [1.165, 1.54) is 0 Å². The van der Waals surface area contributed by atoms with Crippen molar-refractivity contribution in [2.24, 2.45) is 0 Å². The highest BCUT2D eigenvalue weighted by molar-refractivity contribution is 8.02. The predicted molar refractivity (Wildman–Crippen MR) is 52.5 cm³/mol. The highest BCUT2D eigenvalue weighted by Gasteiger charge is 1.97. The highest BCUT2D eigenvalue weighted by atomic mass is 32.2. The highest BCUT2D eigenvalue weighted by Crippen LogP contribution is 2.18. The fourth-order valence-corrected chi connectivity index (χ4v) is 1.35. The van der Waals surface area contributed by atoms with Crippen LogP contribution in [0.4, 0.5) is 0 Å². The van der Waals surface area contributed by atoms with Gasteiger partial charge in [-0.2, -0.15) is 0 Å². The first-order valence-electron chi connectivity index (χ1n) is 3.62. The van der Waals surface area contributed by atoms with E-state index in [1.54, 1.807) is 24.1 Å². The summed E-state index contributed by atoms with van der Waals surface area (Å²) in [5.41, 5.74) is 0.753. The van der Waals surface area contributed by atoms with Gasteiger partial charge in [0.15, 0.2) is 5.78 Å². The number of ketones is 1. The SMILES string of the molecule is C=CSc1ccc(C(C)=O)cc1. The average molecular weight is 178 g/mol. The van der Waals surface area contributed by atoms with E-state index in [9.17, 15) is 4.79 Å². The molecule has 1 rings (SSSR count). The number of carbonyl (C=O) groups excluding carboxylic acids is 1. The minimum atomic E-state index is 0.102. The van der Waals surface area contributed by atoms with E-state index in [1.807, 2.05) is 24.3 Å². The Bertz CT molecular complexity index is 287. The molecule has 0 fully saturated rings. The van der Waals surface area contributed by atoms with Crippen molar-refractivity contribution >= 4 is 17.5 Å². The van der Waals surface area contributed by atoms with E-state index in [2.05, 4.69) is 6.58 Å². The van der Waals surface area contributed by atoms with E-state index < -0.39 is 0 Å². The Morgan fingerprint density at radius 1 is 1.42 bits per heavy atom. The van der Waals surface area contributed by atoms with Crippen LogP contribution in [0.5, 0.6) is 0 Å². The minimum Gasteiger partial charge on any atom is -0.295 e. The van der Waals surface area contributed by atoms with Crippen LogP contribution in [0.2, 0.25) is 0 Å². The number of thioether (sulfide) groups is 1. The summed E-state index contributed by atoms with van der Waals surface area (Å²) in [6, 6.07) is 7.49. The zero-order valence-corrected chi connectivity index (χ0v) is 7.73. The Morgan fingerprint density at radius 3 is 2.42 bits per heavy atom. The van der Waals surface area contributed by atoms with Gasteiger partial charge in [0.2, 0.25) is 0 Å². The third kappa shape index (κ3) is 2.24. The van der Waals surface area contributed by atoms with Gasteiger partial charge in [0.1, 0.15) is 0 Å². The van der Waals surface area contributed by atoms with Crippen molar-refractivity contribution in [2.45, 2.75) is 11.8 Å². The second-order valence-electron chi connectivity index (χ2n) is 2.37. The summed E-state index contributed by atoms with van der Waals surface area (Å²) in [4.78, 5) is 12.0. The molecule has 0 aliphatic rings. The van der Waals surface area contributed by atoms with Crippen molar-refractivity contribution in [1.82, 2.24) is 0 Å². The van der Waals surface area contributed by atoms with E-state index in [0.717, 1.165) is 10.5 Å². The molecule has 0 aliphatic heterocycles. The topological polar surface area (TPSA) is 17.1 Å². The fourth-order valence-electron chi connectivity index (χ4n) is 0.864. The van der Waals surface area contributed by atoms with Gasteiger partial charge in [-0.15, -0.1) is 0 Å². The Hall–Kier alpha value is -1.02. The lowest BCUT2D eigenvalue weighted by Gasteiger charge is -1.97. The van der Waals surface area contributed by atoms with Crippen LogP contribution in [0.15, 0.2) is 41.1 Å². The standard InChI is InChI=1S/C10H10OS/c1-3-12-10-6-4-9(5-7-10)8(2)11/h3-7H,1H2,2H3. The zero-order chi connectivity index (χ0) is 8.97. The first-order valence-corrected chi connectivity index (χ1v) is 4.50. The summed E-state index contributed by atoms with van der Waals surface area (Å²) in [5, 5.41) is 1.77. The monoisotopic (exact) mass is 178 g/mol. The van der Waals surface area contributed by atoms with Gasteiger partial charge >= 0.3 is 0 Å². The third-order valence-electron chi connectivity index (χ3n) is 1.48. The third-order valence-corrected chi connectivity index (χ3v) is 2.19. The summed E-state index contributed by atoms with van der Waals surface area (Å²) >= 11 is 1.55. The van der Waals surface area contributed by atoms with E-state index >= 15 is 0 Å². The molecule has 1 aromatic rings. The van der Waals surface area contributed by atoms with E-state index in [-0.39, 0.29) is 5.78 Å². The molecule has 0 atom stereocenters. The van der Waals surface area contributed by atoms with Crippen molar-refractivity contribution in [2.75, 3.05) is 0 Å². The van der Waals surface area contributed by atoms with E-state index in [0.29, 0.717) is 0 Å². The maximum Gasteiger partial charge on any atom is 0.159 e. The van der Waals surface area contributed by atoms with Crippen molar-refractivity contribution in [3.8, 4) is 0 Å². The molecule has 0 N–H and O–H groups in total. The molecule has 1 aromatic carbocycles. The first-order chi connectivity index (χ1) is 5.74. The number of hydrogen-bond acceptors (Lipinski definition) is 2. The molecule has 2 heteroatoms. The zero-order valence-electron chi connectivity index (χ0n) is 6.91. The van der Waals surface area contributed by atoms with Gasteiger partial charge < -0.3 is 0 Å². The van der Waals surface area contributed by atoms with Crippen LogP contribution >= 0.6 is 11.8 Å². The Morgan fingerprint density at radius 2 is 2.00 bits per heavy atom. The molecule has 12 heavy (non-hydrogen) atoms. The Balaban J connectivity index is 2.85. The van der Waals surface area contributed by atoms with Crippen LogP contribution in [0.25, 0.3) is 0 Å². The van der Waals surface area contributed by atoms with Gasteiger partial charge in [0.05, 0.1) is 0 Å². The minimum absolute atomic E-state index is 0.102. The smallest absolute Gasteiger partial charge is 0.159 e. The molecule has 0 spiro atoms. The largest absolute Gasteiger partial charge is 0.295 e. The van der Waals surface area contributed by atoms with Gasteiger partial charge in [0, 0.05) is 10.5 Å². The maximum absolute atomic E-state index is 10.9. The van der Waals surface area contributed by atoms with Crippen LogP contribution in [-0.4, -0.2) is 5.78 Å². The molecular formula is C10H10OS. The van der Waals surface area contributed by atoms with Gasteiger partial charge in [-0.25, -0.2) is 0 Å². The lowest BCUT2D eigenvalue weighted by molar-refractivity contribution is 0.101. The maximum atomic E-state index is 10.9. The van der Waals surface area contributed by atoms with Gasteiger partial charge in [0.25, 0.3) is 0 Å². The molecular weight excluding hydrogens is 168 g/mol. The molecule has 0 heterocycles. The van der Waals surface area contributed by atoms with Crippen LogP contribution < -0.4 is 0 Å². The molecule has 62 valence electrons. The summed E-state index contributed by atoms with van der Waals surface area (Å²) in [7, 11) is 0. The van der Waals surface area contributed by atoms with Crippen molar-refractivity contribution in [3.63, 3.8) is 0 Å².